The van der Waals surface area contributed by atoms with Crippen LogP contribution in [0, 0.1) is 12.8 Å². The van der Waals surface area contributed by atoms with Crippen LogP contribution in [0.3, 0.4) is 0 Å². The van der Waals surface area contributed by atoms with Crippen molar-refractivity contribution >= 4 is 37.0 Å². The number of nitrogens with zero attached hydrogens (tertiary/aromatic N) is 1. The van der Waals surface area contributed by atoms with Gasteiger partial charge >= 0.3 is 0 Å². The summed E-state index contributed by atoms with van der Waals surface area (Å²) in [6.07, 6.45) is 4.51. The Balaban J connectivity index is 1.85. The third-order valence-corrected chi connectivity index (χ3v) is 6.36. The zero-order valence-electron chi connectivity index (χ0n) is 11.1. The van der Waals surface area contributed by atoms with E-state index in [1.807, 2.05) is 4.90 Å². The number of hydrogen-bond donors (Lipinski definition) is 0. The van der Waals surface area contributed by atoms with Crippen molar-refractivity contribution in [2.75, 3.05) is 6.54 Å². The van der Waals surface area contributed by atoms with Crippen molar-refractivity contribution in [3.05, 3.63) is 15.8 Å². The van der Waals surface area contributed by atoms with E-state index in [0.29, 0.717) is 21.7 Å². The second kappa shape index (κ2) is 5.00. The second-order valence-electron chi connectivity index (χ2n) is 5.60. The van der Waals surface area contributed by atoms with Gasteiger partial charge in [0.05, 0.1) is 9.77 Å². The van der Waals surface area contributed by atoms with Crippen LogP contribution in [-0.2, 0) is 9.05 Å². The summed E-state index contributed by atoms with van der Waals surface area (Å²) in [6, 6.07) is 1.77. The van der Waals surface area contributed by atoms with Crippen LogP contribution in [-0.4, -0.2) is 31.8 Å². The van der Waals surface area contributed by atoms with Gasteiger partial charge in [-0.3, -0.25) is 4.79 Å². The number of halogens is 1. The SMILES string of the molecule is Cc1sc(C(=O)N(CC2CC2)C2CC2)cc1S(=O)(=O)Cl. The zero-order valence-corrected chi connectivity index (χ0v) is 13.5. The number of carbonyl (C=O) groups is 1. The maximum atomic E-state index is 12.6. The third-order valence-electron chi connectivity index (χ3n) is 3.75. The Bertz CT molecular complexity index is 645. The highest BCUT2D eigenvalue weighted by Crippen LogP contribution is 2.37. The summed E-state index contributed by atoms with van der Waals surface area (Å²) in [5.74, 6) is 0.593. The minimum absolute atomic E-state index is 0.0425. The van der Waals surface area contributed by atoms with Gasteiger partial charge in [-0.1, -0.05) is 0 Å². The smallest absolute Gasteiger partial charge is 0.264 e. The summed E-state index contributed by atoms with van der Waals surface area (Å²) in [6.45, 7) is 2.49. The van der Waals surface area contributed by atoms with Crippen LogP contribution in [0.5, 0.6) is 0 Å². The standard InChI is InChI=1S/C13H16ClNO3S2/c1-8-12(20(14,17)18)6-11(19-8)13(16)15(10-4-5-10)7-9-2-3-9/h6,9-10H,2-5,7H2,1H3. The molecule has 0 unspecified atom stereocenters. The zero-order chi connectivity index (χ0) is 14.5. The van der Waals surface area contributed by atoms with Crippen LogP contribution < -0.4 is 0 Å². The van der Waals surface area contributed by atoms with Gasteiger partial charge in [-0.25, -0.2) is 8.42 Å². The fraction of sp³-hybridized carbons (Fsp3) is 0.615. The lowest BCUT2D eigenvalue weighted by Gasteiger charge is -2.21. The average molecular weight is 334 g/mol. The average Bonchev–Trinajstić information content (AvgIpc) is 3.23. The molecule has 110 valence electrons. The van der Waals surface area contributed by atoms with Crippen molar-refractivity contribution in [2.45, 2.75) is 43.5 Å². The Kier molecular flexibility index (Phi) is 3.59. The molecule has 2 aliphatic carbocycles. The fourth-order valence-corrected chi connectivity index (χ4v) is 4.94. The molecule has 4 nitrogen and oxygen atoms in total. The highest BCUT2D eigenvalue weighted by Gasteiger charge is 2.37. The first-order chi connectivity index (χ1) is 9.36. The molecule has 0 spiro atoms. The van der Waals surface area contributed by atoms with Crippen molar-refractivity contribution in [3.63, 3.8) is 0 Å². The van der Waals surface area contributed by atoms with Crippen molar-refractivity contribution in [3.8, 4) is 0 Å². The van der Waals surface area contributed by atoms with Crippen LogP contribution in [0.1, 0.15) is 40.2 Å². The first-order valence-electron chi connectivity index (χ1n) is 6.72. The molecule has 3 rings (SSSR count). The van der Waals surface area contributed by atoms with Crippen molar-refractivity contribution < 1.29 is 13.2 Å². The van der Waals surface area contributed by atoms with Crippen LogP contribution in [0.25, 0.3) is 0 Å². The van der Waals surface area contributed by atoms with E-state index in [0.717, 1.165) is 19.4 Å². The molecule has 1 aromatic heterocycles. The minimum atomic E-state index is -3.78. The van der Waals surface area contributed by atoms with Gasteiger partial charge in [0.25, 0.3) is 15.0 Å². The molecule has 0 saturated heterocycles. The number of hydrogen-bond acceptors (Lipinski definition) is 4. The molecule has 2 aliphatic rings. The van der Waals surface area contributed by atoms with E-state index in [4.69, 9.17) is 10.7 Å². The summed E-state index contributed by atoms with van der Waals surface area (Å²) < 4.78 is 22.9. The number of amides is 1. The Morgan fingerprint density at radius 1 is 1.40 bits per heavy atom. The van der Waals surface area contributed by atoms with Crippen molar-refractivity contribution in [1.29, 1.82) is 0 Å². The third kappa shape index (κ3) is 3.02. The lowest BCUT2D eigenvalue weighted by Crippen LogP contribution is -2.34. The van der Waals surface area contributed by atoms with Crippen LogP contribution in [0.2, 0.25) is 0 Å². The summed E-state index contributed by atoms with van der Waals surface area (Å²) >= 11 is 1.22. The molecule has 1 amide bonds. The molecule has 20 heavy (non-hydrogen) atoms. The van der Waals surface area contributed by atoms with E-state index in [2.05, 4.69) is 0 Å². The second-order valence-corrected chi connectivity index (χ2v) is 9.39. The first kappa shape index (κ1) is 14.4. The lowest BCUT2D eigenvalue weighted by atomic mass is 10.3. The van der Waals surface area contributed by atoms with Gasteiger partial charge in [0, 0.05) is 28.1 Å². The van der Waals surface area contributed by atoms with Gasteiger partial charge < -0.3 is 4.90 Å². The molecular weight excluding hydrogens is 318 g/mol. The number of rotatable bonds is 5. The first-order valence-corrected chi connectivity index (χ1v) is 9.85. The van der Waals surface area contributed by atoms with E-state index in [-0.39, 0.29) is 10.8 Å². The van der Waals surface area contributed by atoms with E-state index in [1.54, 1.807) is 6.92 Å². The van der Waals surface area contributed by atoms with E-state index < -0.39 is 9.05 Å². The highest BCUT2D eigenvalue weighted by molar-refractivity contribution is 8.13. The molecule has 2 saturated carbocycles. The quantitative estimate of drug-likeness (QED) is 0.778. The van der Waals surface area contributed by atoms with Gasteiger partial charge in [0.2, 0.25) is 0 Å². The topological polar surface area (TPSA) is 54.5 Å². The Labute approximate surface area is 127 Å². The summed E-state index contributed by atoms with van der Waals surface area (Å²) in [4.78, 5) is 15.6. The molecule has 0 radical (unpaired) electrons. The van der Waals surface area contributed by atoms with E-state index in [1.165, 1.54) is 30.2 Å². The Morgan fingerprint density at radius 2 is 2.05 bits per heavy atom. The number of aryl methyl sites for hydroxylation is 1. The van der Waals surface area contributed by atoms with Gasteiger partial charge in [0.1, 0.15) is 0 Å². The highest BCUT2D eigenvalue weighted by atomic mass is 35.7. The lowest BCUT2D eigenvalue weighted by molar-refractivity contribution is 0.0739. The molecule has 0 aromatic carbocycles. The van der Waals surface area contributed by atoms with Gasteiger partial charge in [0.15, 0.2) is 0 Å². The minimum Gasteiger partial charge on any atom is -0.335 e. The van der Waals surface area contributed by atoms with Crippen molar-refractivity contribution in [1.82, 2.24) is 4.90 Å². The van der Waals surface area contributed by atoms with Crippen molar-refractivity contribution in [2.24, 2.45) is 5.92 Å². The maximum Gasteiger partial charge on any atom is 0.264 e. The van der Waals surface area contributed by atoms with E-state index >= 15 is 0 Å². The molecular formula is C13H16ClNO3S2. The molecule has 0 N–H and O–H groups in total. The number of carbonyl (C=O) groups excluding carboxylic acids is 1. The van der Waals surface area contributed by atoms with Crippen LogP contribution >= 0.6 is 22.0 Å². The summed E-state index contributed by atoms with van der Waals surface area (Å²) in [5, 5.41) is 0. The van der Waals surface area contributed by atoms with Gasteiger partial charge in [-0.2, -0.15) is 0 Å². The van der Waals surface area contributed by atoms with Gasteiger partial charge in [-0.15, -0.1) is 11.3 Å². The molecule has 0 atom stereocenters. The normalized spacial score (nSPS) is 19.1. The largest absolute Gasteiger partial charge is 0.335 e. The number of thiophene rings is 1. The molecule has 7 heteroatoms. The summed E-state index contributed by atoms with van der Waals surface area (Å²) in [7, 11) is 1.61. The van der Waals surface area contributed by atoms with E-state index in [9.17, 15) is 13.2 Å². The fourth-order valence-electron chi connectivity index (χ4n) is 2.32. The molecule has 1 aromatic rings. The molecule has 2 fully saturated rings. The maximum absolute atomic E-state index is 12.6. The molecule has 0 bridgehead atoms. The predicted molar refractivity (Wildman–Crippen MR) is 78.9 cm³/mol. The van der Waals surface area contributed by atoms with Gasteiger partial charge in [-0.05, 0) is 44.6 Å². The summed E-state index contributed by atoms with van der Waals surface area (Å²) in [5.41, 5.74) is 0. The Hall–Kier alpha value is -0.590. The Morgan fingerprint density at radius 3 is 2.50 bits per heavy atom. The predicted octanol–water partition coefficient (Wildman–Crippen LogP) is 3.00. The molecule has 0 aliphatic heterocycles. The van der Waals surface area contributed by atoms with Crippen LogP contribution in [0.4, 0.5) is 0 Å². The monoisotopic (exact) mass is 333 g/mol. The van der Waals surface area contributed by atoms with Crippen LogP contribution in [0.15, 0.2) is 11.0 Å². The molecule has 1 heterocycles.